The number of methoxy groups -OCH3 is 1. The van der Waals surface area contributed by atoms with Gasteiger partial charge >= 0.3 is 0 Å². The zero-order valence-electron chi connectivity index (χ0n) is 22.3. The van der Waals surface area contributed by atoms with Crippen LogP contribution < -0.4 is 15.4 Å². The summed E-state index contributed by atoms with van der Waals surface area (Å²) < 4.78 is 5.65. The minimum Gasteiger partial charge on any atom is -0.496 e. The van der Waals surface area contributed by atoms with Crippen molar-refractivity contribution in [1.29, 1.82) is 0 Å². The largest absolute Gasteiger partial charge is 0.496 e. The van der Waals surface area contributed by atoms with E-state index in [1.807, 2.05) is 24.3 Å². The van der Waals surface area contributed by atoms with Gasteiger partial charge in [-0.25, -0.2) is 9.97 Å². The van der Waals surface area contributed by atoms with Gasteiger partial charge in [-0.15, -0.1) is 0 Å². The van der Waals surface area contributed by atoms with E-state index in [2.05, 4.69) is 61.6 Å². The van der Waals surface area contributed by atoms with Gasteiger partial charge in [0.1, 0.15) is 5.75 Å². The summed E-state index contributed by atoms with van der Waals surface area (Å²) >= 11 is 0. The molecule has 6 rings (SSSR count). The molecule has 2 aromatic carbocycles. The molecule has 0 saturated carbocycles. The molecule has 1 amide bonds. The second-order valence-corrected chi connectivity index (χ2v) is 10.1. The van der Waals surface area contributed by atoms with Gasteiger partial charge < -0.3 is 20.3 Å². The van der Waals surface area contributed by atoms with Gasteiger partial charge in [0.2, 0.25) is 11.9 Å². The summed E-state index contributed by atoms with van der Waals surface area (Å²) in [6.07, 6.45) is 2.68. The Bertz CT molecular complexity index is 1240. The van der Waals surface area contributed by atoms with Crippen molar-refractivity contribution in [3.05, 3.63) is 65.9 Å². The number of fused-ring (bicyclic) bond motifs is 9. The van der Waals surface area contributed by atoms with Crippen LogP contribution in [0.15, 0.2) is 54.7 Å². The molecule has 3 aromatic rings. The van der Waals surface area contributed by atoms with Crippen molar-refractivity contribution in [2.75, 3.05) is 65.3 Å². The summed E-state index contributed by atoms with van der Waals surface area (Å²) in [5.74, 6) is 1.53. The molecule has 1 aromatic heterocycles. The highest BCUT2D eigenvalue weighted by molar-refractivity contribution is 5.78. The molecule has 1 fully saturated rings. The number of nitrogens with zero attached hydrogens (tertiary/aromatic N) is 5. The van der Waals surface area contributed by atoms with Crippen LogP contribution in [0.4, 0.5) is 11.6 Å². The van der Waals surface area contributed by atoms with Crippen LogP contribution >= 0.6 is 0 Å². The van der Waals surface area contributed by atoms with E-state index in [0.717, 1.165) is 80.5 Å². The fraction of sp³-hybridized carbons (Fsp3) is 0.414. The van der Waals surface area contributed by atoms with E-state index < -0.39 is 0 Å². The van der Waals surface area contributed by atoms with Crippen molar-refractivity contribution in [2.45, 2.75) is 19.5 Å². The lowest BCUT2D eigenvalue weighted by Gasteiger charge is -2.34. The lowest BCUT2D eigenvalue weighted by molar-refractivity contribution is -0.122. The quantitative estimate of drug-likeness (QED) is 0.512. The lowest BCUT2D eigenvalue weighted by atomic mass is 10.1. The number of anilines is 2. The first-order valence-corrected chi connectivity index (χ1v) is 13.3. The smallest absolute Gasteiger partial charge is 0.234 e. The molecular formula is C29H37N7O2. The van der Waals surface area contributed by atoms with Crippen LogP contribution in [0.2, 0.25) is 0 Å². The van der Waals surface area contributed by atoms with E-state index in [-0.39, 0.29) is 5.91 Å². The van der Waals surface area contributed by atoms with Crippen LogP contribution in [0.1, 0.15) is 17.5 Å². The average molecular weight is 516 g/mol. The predicted molar refractivity (Wildman–Crippen MR) is 149 cm³/mol. The molecule has 200 valence electrons. The van der Waals surface area contributed by atoms with Crippen molar-refractivity contribution < 1.29 is 9.53 Å². The van der Waals surface area contributed by atoms with Crippen LogP contribution in [0.25, 0.3) is 11.3 Å². The Morgan fingerprint density at radius 2 is 1.74 bits per heavy atom. The Morgan fingerprint density at radius 1 is 0.921 bits per heavy atom. The summed E-state index contributed by atoms with van der Waals surface area (Å²) in [6, 6.07) is 16.5. The highest BCUT2D eigenvalue weighted by Crippen LogP contribution is 2.27. The number of carbonyl (C=O) groups excluding carboxylic acids is 1. The summed E-state index contributed by atoms with van der Waals surface area (Å²) in [4.78, 5) is 28.7. The third-order valence-corrected chi connectivity index (χ3v) is 7.13. The van der Waals surface area contributed by atoms with Crippen molar-refractivity contribution in [3.8, 4) is 17.0 Å². The third kappa shape index (κ3) is 6.86. The fourth-order valence-electron chi connectivity index (χ4n) is 5.09. The number of carbonyl (C=O) groups is 1. The second kappa shape index (κ2) is 12.3. The maximum Gasteiger partial charge on any atom is 0.234 e. The number of hydrogen-bond donors (Lipinski definition) is 2. The van der Waals surface area contributed by atoms with Gasteiger partial charge in [-0.2, -0.15) is 0 Å². The van der Waals surface area contributed by atoms with E-state index in [4.69, 9.17) is 9.72 Å². The van der Waals surface area contributed by atoms with Crippen molar-refractivity contribution >= 4 is 17.5 Å². The number of amides is 1. The Balaban J connectivity index is 1.40. The van der Waals surface area contributed by atoms with Crippen LogP contribution in [0.3, 0.4) is 0 Å². The Morgan fingerprint density at radius 3 is 2.55 bits per heavy atom. The first-order valence-electron chi connectivity index (χ1n) is 13.3. The molecule has 3 aliphatic rings. The summed E-state index contributed by atoms with van der Waals surface area (Å²) in [6.45, 7) is 7.30. The van der Waals surface area contributed by atoms with Gasteiger partial charge in [0.25, 0.3) is 0 Å². The van der Waals surface area contributed by atoms with E-state index in [0.29, 0.717) is 19.0 Å². The number of aromatic nitrogens is 2. The van der Waals surface area contributed by atoms with Crippen LogP contribution in [-0.2, 0) is 17.9 Å². The highest BCUT2D eigenvalue weighted by Gasteiger charge is 2.19. The molecule has 0 aliphatic carbocycles. The molecule has 0 spiro atoms. The number of nitrogens with one attached hydrogen (secondary N) is 2. The SMILES string of the molecule is COc1ccc2cc1CN(C)CCCNC(=O)CN1CCN(CC1)Cc1cccc(c1)Nc1nccc-2n1. The summed E-state index contributed by atoms with van der Waals surface area (Å²) in [5, 5.41) is 6.49. The van der Waals surface area contributed by atoms with Gasteiger partial charge in [-0.05, 0) is 62.0 Å². The number of ether oxygens (including phenoxy) is 1. The molecule has 8 bridgehead atoms. The number of hydrogen-bond acceptors (Lipinski definition) is 8. The topological polar surface area (TPSA) is 85.9 Å². The van der Waals surface area contributed by atoms with E-state index in [1.54, 1.807) is 13.3 Å². The van der Waals surface area contributed by atoms with Gasteiger partial charge in [0, 0.05) is 68.8 Å². The monoisotopic (exact) mass is 515 g/mol. The number of rotatable bonds is 1. The van der Waals surface area contributed by atoms with Gasteiger partial charge in [0.05, 0.1) is 19.3 Å². The van der Waals surface area contributed by atoms with Crippen molar-refractivity contribution in [1.82, 2.24) is 30.0 Å². The Hall–Kier alpha value is -3.53. The zero-order chi connectivity index (χ0) is 26.3. The fourth-order valence-corrected chi connectivity index (χ4v) is 5.09. The molecule has 0 atom stereocenters. The van der Waals surface area contributed by atoms with Crippen LogP contribution in [-0.4, -0.2) is 90.5 Å². The third-order valence-electron chi connectivity index (χ3n) is 7.13. The minimum absolute atomic E-state index is 0.107. The van der Waals surface area contributed by atoms with Gasteiger partial charge in [-0.3, -0.25) is 14.6 Å². The molecule has 38 heavy (non-hydrogen) atoms. The van der Waals surface area contributed by atoms with Gasteiger partial charge in [0.15, 0.2) is 0 Å². The first kappa shape index (κ1) is 26.1. The molecule has 4 heterocycles. The highest BCUT2D eigenvalue weighted by atomic mass is 16.5. The standard InChI is InChI=1S/C29H37N7O2/c1-34-12-4-10-30-28(37)21-36-15-13-35(14-16-36)19-22-5-3-6-25(17-22)32-29-31-11-9-26(33-29)23-7-8-27(38-2)24(18-23)20-34/h3,5-9,11,17-18H,4,10,12-16,19-21H2,1-2H3,(H,30,37)(H,31,32,33). The zero-order valence-corrected chi connectivity index (χ0v) is 22.3. The number of benzene rings is 2. The van der Waals surface area contributed by atoms with E-state index >= 15 is 0 Å². The molecule has 3 aliphatic heterocycles. The Labute approximate surface area is 224 Å². The van der Waals surface area contributed by atoms with E-state index in [9.17, 15) is 4.79 Å². The first-order chi connectivity index (χ1) is 18.6. The lowest BCUT2D eigenvalue weighted by Crippen LogP contribution is -2.49. The van der Waals surface area contributed by atoms with Crippen molar-refractivity contribution in [3.63, 3.8) is 0 Å². The normalized spacial score (nSPS) is 21.3. The predicted octanol–water partition coefficient (Wildman–Crippen LogP) is 2.97. The Kier molecular flexibility index (Phi) is 8.47. The minimum atomic E-state index is 0.107. The average Bonchev–Trinajstić information content (AvgIpc) is 2.92. The summed E-state index contributed by atoms with van der Waals surface area (Å²) in [5.41, 5.74) is 5.15. The molecule has 0 radical (unpaired) electrons. The van der Waals surface area contributed by atoms with Crippen LogP contribution in [0.5, 0.6) is 5.75 Å². The number of piperazine rings is 1. The van der Waals surface area contributed by atoms with E-state index in [1.165, 1.54) is 5.56 Å². The molecule has 9 nitrogen and oxygen atoms in total. The second-order valence-electron chi connectivity index (χ2n) is 10.1. The maximum absolute atomic E-state index is 12.5. The molecule has 2 N–H and O–H groups in total. The van der Waals surface area contributed by atoms with Crippen LogP contribution in [0, 0.1) is 0 Å². The summed E-state index contributed by atoms with van der Waals surface area (Å²) in [7, 11) is 3.79. The van der Waals surface area contributed by atoms with Crippen molar-refractivity contribution in [2.24, 2.45) is 0 Å². The molecule has 0 unspecified atom stereocenters. The maximum atomic E-state index is 12.5. The molecule has 1 saturated heterocycles. The van der Waals surface area contributed by atoms with Gasteiger partial charge in [-0.1, -0.05) is 12.1 Å². The molecule has 9 heteroatoms. The molecular weight excluding hydrogens is 478 g/mol.